The molecule has 2 heterocycles. The van der Waals surface area contributed by atoms with Crippen molar-refractivity contribution in [2.24, 2.45) is 11.8 Å². The molecule has 2 saturated heterocycles. The zero-order valence-corrected chi connectivity index (χ0v) is 15.7. The molecule has 0 unspecified atom stereocenters. The molecule has 5 nitrogen and oxygen atoms in total. The maximum atomic E-state index is 13.4. The SMILES string of the molecule is O=C(NC[C@H]1CCN(c2ccc(F)c(F)c2)C1)N1CCN(CC2CC2)CC1. The molecular formula is C20H28F2N4O. The second-order valence-corrected chi connectivity index (χ2v) is 8.12. The van der Waals surface area contributed by atoms with Gasteiger partial charge in [-0.15, -0.1) is 0 Å². The lowest BCUT2D eigenvalue weighted by Crippen LogP contribution is -2.52. The van der Waals surface area contributed by atoms with Crippen LogP contribution in [0.4, 0.5) is 19.3 Å². The van der Waals surface area contributed by atoms with Crippen molar-refractivity contribution >= 4 is 11.7 Å². The fraction of sp³-hybridized carbons (Fsp3) is 0.650. The van der Waals surface area contributed by atoms with Gasteiger partial charge in [-0.1, -0.05) is 0 Å². The van der Waals surface area contributed by atoms with E-state index in [0.29, 0.717) is 18.2 Å². The van der Waals surface area contributed by atoms with Crippen LogP contribution in [0, 0.1) is 23.5 Å². The molecule has 148 valence electrons. The average Bonchev–Trinajstić information content (AvgIpc) is 3.36. The minimum absolute atomic E-state index is 0.0207. The molecule has 1 aromatic carbocycles. The van der Waals surface area contributed by atoms with E-state index in [9.17, 15) is 13.6 Å². The molecule has 0 radical (unpaired) electrons. The number of carbonyl (C=O) groups excluding carboxylic acids is 1. The van der Waals surface area contributed by atoms with Crippen molar-refractivity contribution in [3.8, 4) is 0 Å². The highest BCUT2D eigenvalue weighted by Gasteiger charge is 2.28. The number of amides is 2. The van der Waals surface area contributed by atoms with Crippen LogP contribution in [0.2, 0.25) is 0 Å². The third-order valence-corrected chi connectivity index (χ3v) is 5.97. The summed E-state index contributed by atoms with van der Waals surface area (Å²) in [5.41, 5.74) is 0.703. The summed E-state index contributed by atoms with van der Waals surface area (Å²) >= 11 is 0. The lowest BCUT2D eigenvalue weighted by molar-refractivity contribution is 0.135. The van der Waals surface area contributed by atoms with E-state index in [1.54, 1.807) is 6.07 Å². The van der Waals surface area contributed by atoms with Crippen LogP contribution >= 0.6 is 0 Å². The monoisotopic (exact) mass is 378 g/mol. The second-order valence-electron chi connectivity index (χ2n) is 8.12. The summed E-state index contributed by atoms with van der Waals surface area (Å²) < 4.78 is 26.5. The number of piperazine rings is 1. The maximum absolute atomic E-state index is 13.4. The van der Waals surface area contributed by atoms with Crippen molar-refractivity contribution in [1.29, 1.82) is 0 Å². The van der Waals surface area contributed by atoms with Crippen LogP contribution in [0.3, 0.4) is 0 Å². The van der Waals surface area contributed by atoms with E-state index < -0.39 is 11.6 Å². The Bertz CT molecular complexity index is 674. The van der Waals surface area contributed by atoms with Gasteiger partial charge in [0.2, 0.25) is 0 Å². The Morgan fingerprint density at radius 1 is 1.00 bits per heavy atom. The van der Waals surface area contributed by atoms with Gasteiger partial charge in [0.05, 0.1) is 0 Å². The largest absolute Gasteiger partial charge is 0.371 e. The fourth-order valence-corrected chi connectivity index (χ4v) is 4.06. The number of anilines is 1. The summed E-state index contributed by atoms with van der Waals surface area (Å²) in [6, 6.07) is 4.05. The molecule has 1 saturated carbocycles. The summed E-state index contributed by atoms with van der Waals surface area (Å²) in [7, 11) is 0. The van der Waals surface area contributed by atoms with Crippen LogP contribution in [0.1, 0.15) is 19.3 Å². The fourth-order valence-electron chi connectivity index (χ4n) is 4.06. The first-order valence-corrected chi connectivity index (χ1v) is 10.0. The molecule has 7 heteroatoms. The van der Waals surface area contributed by atoms with E-state index >= 15 is 0 Å². The molecule has 2 amide bonds. The maximum Gasteiger partial charge on any atom is 0.317 e. The normalized spacial score (nSPS) is 23.7. The number of halogens is 2. The van der Waals surface area contributed by atoms with Gasteiger partial charge in [0.1, 0.15) is 0 Å². The van der Waals surface area contributed by atoms with Crippen LogP contribution in [-0.2, 0) is 0 Å². The van der Waals surface area contributed by atoms with Crippen LogP contribution in [0.5, 0.6) is 0 Å². The molecule has 1 aliphatic carbocycles. The van der Waals surface area contributed by atoms with Gasteiger partial charge in [-0.25, -0.2) is 13.6 Å². The summed E-state index contributed by atoms with van der Waals surface area (Å²) in [6.45, 7) is 6.90. The number of nitrogens with zero attached hydrogens (tertiary/aromatic N) is 3. The average molecular weight is 378 g/mol. The molecule has 3 fully saturated rings. The van der Waals surface area contributed by atoms with Crippen molar-refractivity contribution in [3.05, 3.63) is 29.8 Å². The van der Waals surface area contributed by atoms with Crippen molar-refractivity contribution < 1.29 is 13.6 Å². The second kappa shape index (κ2) is 8.00. The molecule has 3 aliphatic rings. The summed E-state index contributed by atoms with van der Waals surface area (Å²) in [4.78, 5) is 18.9. The zero-order chi connectivity index (χ0) is 18.8. The molecule has 4 rings (SSSR count). The summed E-state index contributed by atoms with van der Waals surface area (Å²) in [6.07, 6.45) is 3.67. The molecule has 1 aromatic rings. The minimum Gasteiger partial charge on any atom is -0.371 e. The van der Waals surface area contributed by atoms with Gasteiger partial charge in [-0.2, -0.15) is 0 Å². The number of nitrogens with one attached hydrogen (secondary N) is 1. The van der Waals surface area contributed by atoms with Crippen molar-refractivity contribution in [3.63, 3.8) is 0 Å². The number of hydrogen-bond acceptors (Lipinski definition) is 3. The first-order valence-electron chi connectivity index (χ1n) is 10.0. The van der Waals surface area contributed by atoms with Gasteiger partial charge in [-0.3, -0.25) is 4.90 Å². The smallest absolute Gasteiger partial charge is 0.317 e. The van der Waals surface area contributed by atoms with Crippen molar-refractivity contribution in [2.45, 2.75) is 19.3 Å². The Labute approximate surface area is 159 Å². The molecular weight excluding hydrogens is 350 g/mol. The quantitative estimate of drug-likeness (QED) is 0.856. The predicted octanol–water partition coefficient (Wildman–Crippen LogP) is 2.53. The number of benzene rings is 1. The van der Waals surface area contributed by atoms with E-state index in [-0.39, 0.29) is 6.03 Å². The number of hydrogen-bond donors (Lipinski definition) is 1. The summed E-state index contributed by atoms with van der Waals surface area (Å²) in [5.74, 6) is -0.410. The lowest BCUT2D eigenvalue weighted by atomic mass is 10.1. The molecule has 27 heavy (non-hydrogen) atoms. The lowest BCUT2D eigenvalue weighted by Gasteiger charge is -2.35. The van der Waals surface area contributed by atoms with Gasteiger partial charge in [0.25, 0.3) is 0 Å². The number of urea groups is 1. The molecule has 1 atom stereocenters. The van der Waals surface area contributed by atoms with E-state index in [4.69, 9.17) is 0 Å². The van der Waals surface area contributed by atoms with Crippen LogP contribution in [-0.4, -0.2) is 68.2 Å². The summed E-state index contributed by atoms with van der Waals surface area (Å²) in [5, 5.41) is 3.06. The standard InChI is InChI=1S/C20H28F2N4O/c21-18-4-3-17(11-19(18)22)26-6-5-16(14-26)12-23-20(27)25-9-7-24(8-10-25)13-15-1-2-15/h3-4,11,15-16H,1-2,5-10,12-14H2,(H,23,27)/t16-/m1/s1. The van der Waals surface area contributed by atoms with E-state index in [1.807, 2.05) is 4.90 Å². The van der Waals surface area contributed by atoms with Gasteiger partial charge in [0, 0.05) is 64.1 Å². The van der Waals surface area contributed by atoms with Crippen molar-refractivity contribution in [1.82, 2.24) is 15.1 Å². The molecule has 0 bridgehead atoms. The third-order valence-electron chi connectivity index (χ3n) is 5.97. The van der Waals surface area contributed by atoms with Crippen LogP contribution < -0.4 is 10.2 Å². The van der Waals surface area contributed by atoms with Gasteiger partial charge < -0.3 is 15.1 Å². The van der Waals surface area contributed by atoms with E-state index in [1.165, 1.54) is 31.5 Å². The van der Waals surface area contributed by atoms with Crippen LogP contribution in [0.25, 0.3) is 0 Å². The molecule has 0 spiro atoms. The van der Waals surface area contributed by atoms with E-state index in [2.05, 4.69) is 15.1 Å². The first kappa shape index (κ1) is 18.5. The van der Waals surface area contributed by atoms with Crippen molar-refractivity contribution in [2.75, 3.05) is 57.3 Å². The first-order chi connectivity index (χ1) is 13.1. The topological polar surface area (TPSA) is 38.8 Å². The Hall–Kier alpha value is -1.89. The predicted molar refractivity (Wildman–Crippen MR) is 101 cm³/mol. The van der Waals surface area contributed by atoms with Gasteiger partial charge in [0.15, 0.2) is 11.6 Å². The minimum atomic E-state index is -0.820. The number of rotatable bonds is 5. The zero-order valence-electron chi connectivity index (χ0n) is 15.7. The Kier molecular flexibility index (Phi) is 5.48. The highest BCUT2D eigenvalue weighted by molar-refractivity contribution is 5.74. The Morgan fingerprint density at radius 3 is 2.48 bits per heavy atom. The Morgan fingerprint density at radius 2 is 1.78 bits per heavy atom. The van der Waals surface area contributed by atoms with Crippen LogP contribution in [0.15, 0.2) is 18.2 Å². The van der Waals surface area contributed by atoms with E-state index in [0.717, 1.165) is 51.6 Å². The molecule has 2 aliphatic heterocycles. The highest BCUT2D eigenvalue weighted by Crippen LogP contribution is 2.30. The highest BCUT2D eigenvalue weighted by atomic mass is 19.2. The van der Waals surface area contributed by atoms with Gasteiger partial charge in [-0.05, 0) is 43.2 Å². The molecule has 0 aromatic heterocycles. The third kappa shape index (κ3) is 4.69. The number of carbonyl (C=O) groups is 1. The Balaban J connectivity index is 1.19. The molecule has 1 N–H and O–H groups in total. The van der Waals surface area contributed by atoms with Gasteiger partial charge >= 0.3 is 6.03 Å².